The Balaban J connectivity index is 1.16. The first kappa shape index (κ1) is 35.9. The van der Waals surface area contributed by atoms with E-state index in [1.165, 1.54) is 15.9 Å². The van der Waals surface area contributed by atoms with Crippen LogP contribution in [0, 0.1) is 17.3 Å². The highest BCUT2D eigenvalue weighted by Crippen LogP contribution is 2.64. The summed E-state index contributed by atoms with van der Waals surface area (Å²) in [6.45, 7) is -0.0776. The number of aliphatic hydroxyl groups excluding tert-OH is 1. The van der Waals surface area contributed by atoms with Gasteiger partial charge in [0.05, 0.1) is 13.2 Å². The molecule has 2 bridgehead atoms. The molecular formula is C40H48N4O9. The average Bonchev–Trinajstić information content (AvgIpc) is 4.11. The summed E-state index contributed by atoms with van der Waals surface area (Å²) in [5, 5.41) is 13.8. The second-order valence-corrected chi connectivity index (χ2v) is 15.6. The van der Waals surface area contributed by atoms with Crippen LogP contribution in [-0.4, -0.2) is 120 Å². The van der Waals surface area contributed by atoms with Gasteiger partial charge in [0.2, 0.25) is 17.7 Å². The van der Waals surface area contributed by atoms with Gasteiger partial charge in [-0.15, -0.1) is 0 Å². The molecule has 7 atom stereocenters. The Bertz CT molecular complexity index is 1770. The molecule has 3 saturated heterocycles. The highest BCUT2D eigenvalue weighted by atomic mass is 16.8. The van der Waals surface area contributed by atoms with Gasteiger partial charge < -0.3 is 34.4 Å². The van der Waals surface area contributed by atoms with Crippen LogP contribution in [0.5, 0.6) is 0 Å². The molecule has 53 heavy (non-hydrogen) atoms. The predicted molar refractivity (Wildman–Crippen MR) is 190 cm³/mol. The number of carbonyl (C=O) groups excluding carboxylic acids is 4. The number of hydrogen-bond donors (Lipinski definition) is 2. The molecule has 6 aliphatic rings. The molecule has 2 N–H and O–H groups in total. The number of hydroxylamine groups is 2. The monoisotopic (exact) mass is 728 g/mol. The van der Waals surface area contributed by atoms with Crippen molar-refractivity contribution < 1.29 is 43.3 Å². The van der Waals surface area contributed by atoms with Gasteiger partial charge in [0.25, 0.3) is 0 Å². The Labute approximate surface area is 309 Å². The van der Waals surface area contributed by atoms with Crippen LogP contribution in [0.4, 0.5) is 0 Å². The summed E-state index contributed by atoms with van der Waals surface area (Å²) in [5.41, 5.74) is 0.982. The molecule has 13 heteroatoms. The third-order valence-electron chi connectivity index (χ3n) is 11.8. The molecule has 3 heterocycles. The van der Waals surface area contributed by atoms with Crippen molar-refractivity contribution >= 4 is 29.8 Å². The van der Waals surface area contributed by atoms with Gasteiger partial charge in [-0.25, -0.2) is 0 Å². The molecule has 7 unspecified atom stereocenters. The van der Waals surface area contributed by atoms with Crippen molar-refractivity contribution in [1.29, 1.82) is 0 Å². The SMILES string of the molecule is CN(C)C(=O)C=Cc1cccc(CN2OC3C4OC(C5CC5)(C5CC5)OC4C4CC3(C(=O)N(C)C(Cc3ccccc3)C(=O)NCCO)C2C(=O)O4)c1. The minimum atomic E-state index is -1.45. The number of fused-ring (bicyclic) bond motifs is 4. The zero-order chi connectivity index (χ0) is 37.1. The van der Waals surface area contributed by atoms with Crippen molar-refractivity contribution in [3.05, 3.63) is 77.4 Å². The van der Waals surface area contributed by atoms with E-state index in [1.807, 2.05) is 54.6 Å². The fraction of sp³-hybridized carbons (Fsp3) is 0.550. The molecule has 0 aromatic heterocycles. The van der Waals surface area contributed by atoms with Gasteiger partial charge in [-0.2, -0.15) is 5.06 Å². The molecule has 0 spiro atoms. The largest absolute Gasteiger partial charge is 0.458 e. The molecule has 3 saturated carbocycles. The van der Waals surface area contributed by atoms with Gasteiger partial charge in [-0.1, -0.05) is 54.6 Å². The third kappa shape index (κ3) is 6.35. The lowest BCUT2D eigenvalue weighted by molar-refractivity contribution is -0.235. The standard InChI is InChI=1S/C40H48N4O9/c1-42(2)31(46)17-12-25-10-7-11-26(20-25)23-44-34-37(48)50-30-22-39(34,35(53-44)33-32(30)51-40(52-33,27-13-14-27)28-15-16-28)38(49)43(3)29(36(47)41-18-19-45)21-24-8-5-4-6-9-24/h4-12,17,20,27-30,32-35,45H,13-16,18-19,21-23H2,1-3H3,(H,41,47). The highest BCUT2D eigenvalue weighted by Gasteiger charge is 2.78. The van der Waals surface area contributed by atoms with E-state index >= 15 is 4.79 Å². The smallest absolute Gasteiger partial charge is 0.327 e. The van der Waals surface area contributed by atoms with Crippen LogP contribution in [0.25, 0.3) is 6.08 Å². The van der Waals surface area contributed by atoms with E-state index in [0.717, 1.165) is 42.4 Å². The molecule has 282 valence electrons. The Hall–Kier alpha value is -4.14. The first-order valence-corrected chi connectivity index (χ1v) is 18.7. The van der Waals surface area contributed by atoms with E-state index in [4.69, 9.17) is 19.0 Å². The topological polar surface area (TPSA) is 147 Å². The predicted octanol–water partition coefficient (Wildman–Crippen LogP) is 2.07. The maximum atomic E-state index is 15.4. The first-order valence-electron chi connectivity index (χ1n) is 18.7. The third-order valence-corrected chi connectivity index (χ3v) is 11.8. The average molecular weight is 729 g/mol. The number of esters is 1. The maximum absolute atomic E-state index is 15.4. The van der Waals surface area contributed by atoms with Gasteiger partial charge in [0.15, 0.2) is 11.8 Å². The fourth-order valence-electron chi connectivity index (χ4n) is 8.95. The number of nitrogens with zero attached hydrogens (tertiary/aromatic N) is 3. The Morgan fingerprint density at radius 3 is 2.36 bits per heavy atom. The molecule has 2 aromatic rings. The molecule has 8 rings (SSSR count). The second-order valence-electron chi connectivity index (χ2n) is 15.6. The minimum Gasteiger partial charge on any atom is -0.458 e. The molecular weight excluding hydrogens is 680 g/mol. The number of benzene rings is 2. The van der Waals surface area contributed by atoms with Crippen LogP contribution in [0.2, 0.25) is 0 Å². The molecule has 13 nitrogen and oxygen atoms in total. The van der Waals surface area contributed by atoms with Crippen LogP contribution >= 0.6 is 0 Å². The van der Waals surface area contributed by atoms with Crippen molar-refractivity contribution in [2.75, 3.05) is 34.3 Å². The van der Waals surface area contributed by atoms with Crippen LogP contribution < -0.4 is 5.32 Å². The highest BCUT2D eigenvalue weighted by molar-refractivity contribution is 5.96. The molecule has 3 amide bonds. The van der Waals surface area contributed by atoms with E-state index in [-0.39, 0.29) is 50.3 Å². The van der Waals surface area contributed by atoms with Crippen molar-refractivity contribution in [1.82, 2.24) is 20.2 Å². The summed E-state index contributed by atoms with van der Waals surface area (Å²) < 4.78 is 20.1. The maximum Gasteiger partial charge on any atom is 0.327 e. The second kappa shape index (κ2) is 13.9. The van der Waals surface area contributed by atoms with Crippen molar-refractivity contribution in [2.24, 2.45) is 17.3 Å². The zero-order valence-electron chi connectivity index (χ0n) is 30.4. The van der Waals surface area contributed by atoms with E-state index < -0.39 is 65.5 Å². The normalized spacial score (nSPS) is 30.4. The fourth-order valence-corrected chi connectivity index (χ4v) is 8.95. The minimum absolute atomic E-state index is 0.0325. The molecule has 2 aromatic carbocycles. The number of hydrogen-bond acceptors (Lipinski definition) is 10. The van der Waals surface area contributed by atoms with Gasteiger partial charge in [-0.05, 0) is 48.4 Å². The van der Waals surface area contributed by atoms with E-state index in [1.54, 1.807) is 32.3 Å². The lowest BCUT2D eigenvalue weighted by atomic mass is 9.62. The number of aliphatic hydroxyl groups is 1. The van der Waals surface area contributed by atoms with Crippen LogP contribution in [-0.2, 0) is 51.2 Å². The molecule has 6 fully saturated rings. The number of nitrogens with one attached hydrogen (secondary N) is 1. The van der Waals surface area contributed by atoms with Crippen LogP contribution in [0.3, 0.4) is 0 Å². The Morgan fingerprint density at radius 2 is 1.68 bits per heavy atom. The van der Waals surface area contributed by atoms with Gasteiger partial charge in [0, 0.05) is 58.4 Å². The summed E-state index contributed by atoms with van der Waals surface area (Å²) in [4.78, 5) is 65.4. The summed E-state index contributed by atoms with van der Waals surface area (Å²) in [7, 11) is 4.97. The summed E-state index contributed by atoms with van der Waals surface area (Å²) >= 11 is 0. The number of amides is 3. The van der Waals surface area contributed by atoms with Crippen LogP contribution in [0.15, 0.2) is 60.7 Å². The lowest BCUT2D eigenvalue weighted by Crippen LogP contribution is -2.70. The van der Waals surface area contributed by atoms with E-state index in [2.05, 4.69) is 5.32 Å². The van der Waals surface area contributed by atoms with E-state index in [0.29, 0.717) is 0 Å². The molecule has 0 radical (unpaired) electrons. The number of carbonyl (C=O) groups is 4. The summed E-state index contributed by atoms with van der Waals surface area (Å²) in [6, 6.07) is 14.9. The molecule has 3 aliphatic carbocycles. The number of rotatable bonds is 13. The summed E-state index contributed by atoms with van der Waals surface area (Å²) in [5.74, 6) is -1.88. The summed E-state index contributed by atoms with van der Waals surface area (Å²) in [6.07, 6.45) is 4.63. The Kier molecular flexibility index (Phi) is 9.43. The first-order chi connectivity index (χ1) is 25.6. The molecule has 3 aliphatic heterocycles. The van der Waals surface area contributed by atoms with Crippen molar-refractivity contribution in [3.63, 3.8) is 0 Å². The lowest BCUT2D eigenvalue weighted by Gasteiger charge is -2.50. The van der Waals surface area contributed by atoms with Gasteiger partial charge in [0.1, 0.15) is 35.9 Å². The van der Waals surface area contributed by atoms with Crippen molar-refractivity contribution in [3.8, 4) is 0 Å². The van der Waals surface area contributed by atoms with E-state index in [9.17, 15) is 19.5 Å². The quantitative estimate of drug-likeness (QED) is 0.232. The number of ether oxygens (including phenoxy) is 3. The Morgan fingerprint density at radius 1 is 0.981 bits per heavy atom. The number of likely N-dealkylation sites (N-methyl/N-ethyl adjacent to an activating group) is 2. The van der Waals surface area contributed by atoms with Gasteiger partial charge in [-0.3, -0.25) is 24.0 Å². The zero-order valence-corrected chi connectivity index (χ0v) is 30.4. The van der Waals surface area contributed by atoms with Crippen molar-refractivity contribution in [2.45, 2.75) is 87.4 Å². The van der Waals surface area contributed by atoms with Gasteiger partial charge >= 0.3 is 5.97 Å². The van der Waals surface area contributed by atoms with Crippen LogP contribution in [0.1, 0.15) is 48.8 Å².